The summed E-state index contributed by atoms with van der Waals surface area (Å²) in [5, 5.41) is 2.76. The molecule has 1 aliphatic carbocycles. The van der Waals surface area contributed by atoms with Gasteiger partial charge in [0, 0.05) is 6.54 Å². The maximum absolute atomic E-state index is 13.5. The van der Waals surface area contributed by atoms with Crippen LogP contribution in [0.2, 0.25) is 0 Å². The summed E-state index contributed by atoms with van der Waals surface area (Å²) in [4.78, 5) is 12.0. The van der Waals surface area contributed by atoms with Crippen molar-refractivity contribution >= 4 is 18.3 Å². The van der Waals surface area contributed by atoms with Gasteiger partial charge in [0.2, 0.25) is 0 Å². The number of nitrogens with two attached hydrogens (primary N) is 1. The zero-order valence-corrected chi connectivity index (χ0v) is 11.2. The number of hydrogen-bond donors (Lipinski definition) is 2. The van der Waals surface area contributed by atoms with Crippen LogP contribution in [-0.2, 0) is 0 Å². The van der Waals surface area contributed by atoms with E-state index in [2.05, 4.69) is 5.32 Å². The fourth-order valence-electron chi connectivity index (χ4n) is 2.41. The fourth-order valence-corrected chi connectivity index (χ4v) is 2.41. The number of carbonyl (C=O) groups is 1. The van der Waals surface area contributed by atoms with Crippen LogP contribution in [0.1, 0.15) is 36.0 Å². The molecule has 0 atom stereocenters. The monoisotopic (exact) mass is 290 g/mol. The molecule has 19 heavy (non-hydrogen) atoms. The zero-order chi connectivity index (χ0) is 13.2. The standard InChI is InChI=1S/C13H16F2N2O.ClH/c14-9-3-4-11(15)10(7-9)12(18)17-13(8-16)5-1-2-6-13;/h3-4,7H,1-2,5-6,8,16H2,(H,17,18);1H. The van der Waals surface area contributed by atoms with Gasteiger partial charge in [-0.15, -0.1) is 12.4 Å². The summed E-state index contributed by atoms with van der Waals surface area (Å²) in [6.45, 7) is 0.315. The molecule has 0 heterocycles. The summed E-state index contributed by atoms with van der Waals surface area (Å²) in [6, 6.07) is 2.85. The van der Waals surface area contributed by atoms with Crippen LogP contribution in [0.5, 0.6) is 0 Å². The molecule has 0 saturated heterocycles. The number of hydrogen-bond acceptors (Lipinski definition) is 2. The Morgan fingerprint density at radius 2 is 1.95 bits per heavy atom. The summed E-state index contributed by atoms with van der Waals surface area (Å²) in [5.41, 5.74) is 4.95. The number of nitrogens with one attached hydrogen (secondary N) is 1. The minimum atomic E-state index is -0.723. The normalized spacial score (nSPS) is 16.8. The highest BCUT2D eigenvalue weighted by atomic mass is 35.5. The molecule has 3 nitrogen and oxygen atoms in total. The summed E-state index contributed by atoms with van der Waals surface area (Å²) >= 11 is 0. The van der Waals surface area contributed by atoms with E-state index in [9.17, 15) is 13.6 Å². The summed E-state index contributed by atoms with van der Waals surface area (Å²) in [7, 11) is 0. The van der Waals surface area contributed by atoms with Crippen molar-refractivity contribution in [2.75, 3.05) is 6.54 Å². The van der Waals surface area contributed by atoms with Gasteiger partial charge in [-0.2, -0.15) is 0 Å². The summed E-state index contributed by atoms with van der Waals surface area (Å²) < 4.78 is 26.5. The predicted molar refractivity (Wildman–Crippen MR) is 71.3 cm³/mol. The largest absolute Gasteiger partial charge is 0.345 e. The molecule has 6 heteroatoms. The average Bonchev–Trinajstić information content (AvgIpc) is 2.81. The quantitative estimate of drug-likeness (QED) is 0.898. The summed E-state index contributed by atoms with van der Waals surface area (Å²) in [5.74, 6) is -1.95. The number of halogens is 3. The van der Waals surface area contributed by atoms with Gasteiger partial charge in [-0.1, -0.05) is 12.8 Å². The van der Waals surface area contributed by atoms with Crippen molar-refractivity contribution in [1.82, 2.24) is 5.32 Å². The Labute approximate surface area is 117 Å². The van der Waals surface area contributed by atoms with E-state index in [1.165, 1.54) is 0 Å². The van der Waals surface area contributed by atoms with Crippen molar-refractivity contribution in [3.8, 4) is 0 Å². The third-order valence-corrected chi connectivity index (χ3v) is 3.50. The lowest BCUT2D eigenvalue weighted by molar-refractivity contribution is 0.0898. The Hall–Kier alpha value is -1.20. The van der Waals surface area contributed by atoms with Crippen LogP contribution in [0.25, 0.3) is 0 Å². The third-order valence-electron chi connectivity index (χ3n) is 3.50. The van der Waals surface area contributed by atoms with Crippen molar-refractivity contribution in [2.45, 2.75) is 31.2 Å². The van der Waals surface area contributed by atoms with Crippen LogP contribution in [0.4, 0.5) is 8.78 Å². The second kappa shape index (κ2) is 6.30. The van der Waals surface area contributed by atoms with Crippen LogP contribution in [0.15, 0.2) is 18.2 Å². The SMILES string of the molecule is Cl.NCC1(NC(=O)c2cc(F)ccc2F)CCCC1. The van der Waals surface area contributed by atoms with Crippen molar-refractivity contribution in [3.05, 3.63) is 35.4 Å². The first-order chi connectivity index (χ1) is 8.56. The van der Waals surface area contributed by atoms with Gasteiger partial charge in [0.1, 0.15) is 11.6 Å². The number of carbonyl (C=O) groups excluding carboxylic acids is 1. The van der Waals surface area contributed by atoms with E-state index >= 15 is 0 Å². The molecule has 0 unspecified atom stereocenters. The van der Waals surface area contributed by atoms with Crippen molar-refractivity contribution < 1.29 is 13.6 Å². The van der Waals surface area contributed by atoms with Crippen LogP contribution < -0.4 is 11.1 Å². The van der Waals surface area contributed by atoms with Crippen molar-refractivity contribution in [1.29, 1.82) is 0 Å². The molecule has 3 N–H and O–H groups in total. The molecule has 1 aliphatic rings. The fraction of sp³-hybridized carbons (Fsp3) is 0.462. The number of rotatable bonds is 3. The van der Waals surface area contributed by atoms with E-state index in [1.54, 1.807) is 0 Å². The average molecular weight is 291 g/mol. The van der Waals surface area contributed by atoms with Gasteiger partial charge in [0.25, 0.3) is 5.91 Å². The van der Waals surface area contributed by atoms with Crippen LogP contribution in [0, 0.1) is 11.6 Å². The van der Waals surface area contributed by atoms with E-state index in [4.69, 9.17) is 5.73 Å². The number of amides is 1. The van der Waals surface area contributed by atoms with E-state index in [-0.39, 0.29) is 18.0 Å². The second-order valence-corrected chi connectivity index (χ2v) is 4.77. The van der Waals surface area contributed by atoms with Crippen LogP contribution >= 0.6 is 12.4 Å². The molecule has 2 rings (SSSR count). The van der Waals surface area contributed by atoms with Crippen molar-refractivity contribution in [2.24, 2.45) is 5.73 Å². The Morgan fingerprint density at radius 1 is 1.32 bits per heavy atom. The molecule has 0 spiro atoms. The first kappa shape index (κ1) is 15.9. The highest BCUT2D eigenvalue weighted by molar-refractivity contribution is 5.95. The lowest BCUT2D eigenvalue weighted by Crippen LogP contribution is -2.51. The molecule has 0 bridgehead atoms. The van der Waals surface area contributed by atoms with Crippen LogP contribution in [-0.4, -0.2) is 18.0 Å². The molecular weight excluding hydrogens is 274 g/mol. The molecule has 0 aliphatic heterocycles. The topological polar surface area (TPSA) is 55.1 Å². The molecule has 1 aromatic rings. The van der Waals surface area contributed by atoms with Gasteiger partial charge in [-0.05, 0) is 31.0 Å². The van der Waals surface area contributed by atoms with Gasteiger partial charge in [-0.3, -0.25) is 4.79 Å². The Morgan fingerprint density at radius 3 is 2.53 bits per heavy atom. The minimum absolute atomic E-state index is 0. The lowest BCUT2D eigenvalue weighted by Gasteiger charge is -2.28. The molecule has 0 aromatic heterocycles. The van der Waals surface area contributed by atoms with Gasteiger partial charge >= 0.3 is 0 Å². The van der Waals surface area contributed by atoms with Gasteiger partial charge in [-0.25, -0.2) is 8.78 Å². The molecule has 1 saturated carbocycles. The lowest BCUT2D eigenvalue weighted by atomic mass is 9.97. The highest BCUT2D eigenvalue weighted by Gasteiger charge is 2.34. The van der Waals surface area contributed by atoms with E-state index in [0.29, 0.717) is 6.54 Å². The predicted octanol–water partition coefficient (Wildman–Crippen LogP) is 2.39. The van der Waals surface area contributed by atoms with Crippen molar-refractivity contribution in [3.63, 3.8) is 0 Å². The second-order valence-electron chi connectivity index (χ2n) is 4.77. The van der Waals surface area contributed by atoms with Gasteiger partial charge in [0.15, 0.2) is 0 Å². The first-order valence-electron chi connectivity index (χ1n) is 6.04. The van der Waals surface area contributed by atoms with Gasteiger partial charge < -0.3 is 11.1 Å². The zero-order valence-electron chi connectivity index (χ0n) is 10.4. The molecule has 1 amide bonds. The number of benzene rings is 1. The first-order valence-corrected chi connectivity index (χ1v) is 6.04. The molecule has 0 radical (unpaired) electrons. The maximum atomic E-state index is 13.5. The van der Waals surface area contributed by atoms with E-state index in [0.717, 1.165) is 43.9 Å². The highest BCUT2D eigenvalue weighted by Crippen LogP contribution is 2.29. The Kier molecular flexibility index (Phi) is 5.26. The maximum Gasteiger partial charge on any atom is 0.254 e. The van der Waals surface area contributed by atoms with E-state index in [1.807, 2.05) is 0 Å². The smallest absolute Gasteiger partial charge is 0.254 e. The summed E-state index contributed by atoms with van der Waals surface area (Å²) in [6.07, 6.45) is 3.55. The Balaban J connectivity index is 0.00000180. The molecular formula is C13H17ClF2N2O. The third kappa shape index (κ3) is 3.42. The van der Waals surface area contributed by atoms with E-state index < -0.39 is 23.1 Å². The van der Waals surface area contributed by atoms with Gasteiger partial charge in [0.05, 0.1) is 11.1 Å². The molecule has 1 aromatic carbocycles. The molecule has 1 fully saturated rings. The van der Waals surface area contributed by atoms with Crippen LogP contribution in [0.3, 0.4) is 0 Å². The Bertz CT molecular complexity index is 462. The molecule has 106 valence electrons. The minimum Gasteiger partial charge on any atom is -0.345 e.